The summed E-state index contributed by atoms with van der Waals surface area (Å²) in [5.41, 5.74) is 5.62. The minimum atomic E-state index is -0.235. The maximum atomic E-state index is 12.4. The van der Waals surface area contributed by atoms with Gasteiger partial charge in [-0.15, -0.1) is 12.4 Å². The number of hydrogen-bond acceptors (Lipinski definition) is 2. The zero-order valence-corrected chi connectivity index (χ0v) is 12.9. The molecule has 0 aromatic heterocycles. The van der Waals surface area contributed by atoms with Gasteiger partial charge < -0.3 is 11.1 Å². The molecule has 1 amide bonds. The predicted molar refractivity (Wildman–Crippen MR) is 81.4 cm³/mol. The van der Waals surface area contributed by atoms with Crippen LogP contribution in [0.2, 0.25) is 0 Å². The number of carbonyl (C=O) groups is 1. The molecule has 0 radical (unpaired) electrons. The summed E-state index contributed by atoms with van der Waals surface area (Å²) >= 11 is 0. The lowest BCUT2D eigenvalue weighted by atomic mass is 9.82. The third kappa shape index (κ3) is 3.85. The second-order valence-electron chi connectivity index (χ2n) is 6.29. The second kappa shape index (κ2) is 7.49. The van der Waals surface area contributed by atoms with Crippen LogP contribution in [0.15, 0.2) is 0 Å². The number of rotatable bonds is 4. The summed E-state index contributed by atoms with van der Waals surface area (Å²) in [5, 5.41) is 3.28. The van der Waals surface area contributed by atoms with Crippen LogP contribution in [0.4, 0.5) is 0 Å². The first-order valence-electron chi connectivity index (χ1n) is 7.71. The molecular formula is C15H29ClN2O. The molecule has 3 N–H and O–H groups in total. The summed E-state index contributed by atoms with van der Waals surface area (Å²) in [5.74, 6) is 1.12. The van der Waals surface area contributed by atoms with Gasteiger partial charge in [-0.05, 0) is 44.4 Å². The van der Waals surface area contributed by atoms with Crippen molar-refractivity contribution in [1.82, 2.24) is 5.32 Å². The minimum Gasteiger partial charge on any atom is -0.353 e. The smallest absolute Gasteiger partial charge is 0.227 e. The van der Waals surface area contributed by atoms with E-state index in [1.54, 1.807) is 0 Å². The molecule has 112 valence electrons. The Morgan fingerprint density at radius 2 is 1.79 bits per heavy atom. The summed E-state index contributed by atoms with van der Waals surface area (Å²) in [6, 6.07) is 0.407. The average Bonchev–Trinajstić information content (AvgIpc) is 2.89. The Morgan fingerprint density at radius 1 is 1.21 bits per heavy atom. The standard InChI is InChI=1S/C15H28N2O.ClH/c1-2-12-5-7-13(8-6-12)17-14(18)15(11-16)9-3-4-10-15;/h12-13H,2-11,16H2,1H3,(H,17,18);1H. The molecule has 0 aromatic rings. The summed E-state index contributed by atoms with van der Waals surface area (Å²) in [6.45, 7) is 2.79. The number of hydrogen-bond donors (Lipinski definition) is 2. The van der Waals surface area contributed by atoms with E-state index in [0.717, 1.165) is 44.4 Å². The van der Waals surface area contributed by atoms with Gasteiger partial charge in [-0.2, -0.15) is 0 Å². The zero-order valence-electron chi connectivity index (χ0n) is 12.1. The molecule has 0 aromatic carbocycles. The first-order valence-corrected chi connectivity index (χ1v) is 7.71. The maximum absolute atomic E-state index is 12.4. The lowest BCUT2D eigenvalue weighted by Gasteiger charge is -2.32. The van der Waals surface area contributed by atoms with E-state index in [2.05, 4.69) is 12.2 Å². The topological polar surface area (TPSA) is 55.1 Å². The third-order valence-corrected chi connectivity index (χ3v) is 5.19. The van der Waals surface area contributed by atoms with Crippen LogP contribution >= 0.6 is 12.4 Å². The van der Waals surface area contributed by atoms with E-state index in [-0.39, 0.29) is 23.7 Å². The van der Waals surface area contributed by atoms with Crippen molar-refractivity contribution in [2.24, 2.45) is 17.1 Å². The molecular weight excluding hydrogens is 260 g/mol. The van der Waals surface area contributed by atoms with Gasteiger partial charge in [0.05, 0.1) is 5.41 Å². The molecule has 3 nitrogen and oxygen atoms in total. The molecule has 2 aliphatic rings. The Bertz CT molecular complexity index is 282. The van der Waals surface area contributed by atoms with Crippen LogP contribution in [0.3, 0.4) is 0 Å². The van der Waals surface area contributed by atoms with Crippen molar-refractivity contribution in [3.05, 3.63) is 0 Å². The summed E-state index contributed by atoms with van der Waals surface area (Å²) < 4.78 is 0. The minimum absolute atomic E-state index is 0. The fourth-order valence-electron chi connectivity index (χ4n) is 3.63. The fraction of sp³-hybridized carbons (Fsp3) is 0.933. The van der Waals surface area contributed by atoms with Gasteiger partial charge >= 0.3 is 0 Å². The van der Waals surface area contributed by atoms with E-state index in [4.69, 9.17) is 5.73 Å². The highest BCUT2D eigenvalue weighted by Crippen LogP contribution is 2.38. The quantitative estimate of drug-likeness (QED) is 0.835. The number of amides is 1. The van der Waals surface area contributed by atoms with Crippen molar-refractivity contribution < 1.29 is 4.79 Å². The van der Waals surface area contributed by atoms with Crippen LogP contribution in [0.5, 0.6) is 0 Å². The van der Waals surface area contributed by atoms with Crippen molar-refractivity contribution >= 4 is 18.3 Å². The van der Waals surface area contributed by atoms with Crippen molar-refractivity contribution in [2.75, 3.05) is 6.54 Å². The van der Waals surface area contributed by atoms with Gasteiger partial charge in [0.15, 0.2) is 0 Å². The van der Waals surface area contributed by atoms with Gasteiger partial charge in [-0.3, -0.25) is 4.79 Å². The molecule has 0 bridgehead atoms. The molecule has 0 heterocycles. The predicted octanol–water partition coefficient (Wildman–Crippen LogP) is 3.01. The van der Waals surface area contributed by atoms with Crippen molar-refractivity contribution in [3.8, 4) is 0 Å². The maximum Gasteiger partial charge on any atom is 0.227 e. The van der Waals surface area contributed by atoms with E-state index in [1.165, 1.54) is 19.3 Å². The van der Waals surface area contributed by atoms with Crippen LogP contribution in [0, 0.1) is 11.3 Å². The van der Waals surface area contributed by atoms with Gasteiger partial charge in [-0.1, -0.05) is 26.2 Å². The molecule has 2 fully saturated rings. The largest absolute Gasteiger partial charge is 0.353 e. The summed E-state index contributed by atoms with van der Waals surface area (Å²) in [6.07, 6.45) is 10.4. The normalized spacial score (nSPS) is 29.6. The molecule has 2 rings (SSSR count). The monoisotopic (exact) mass is 288 g/mol. The molecule has 2 aliphatic carbocycles. The SMILES string of the molecule is CCC1CCC(NC(=O)C2(CN)CCCC2)CC1.Cl. The summed E-state index contributed by atoms with van der Waals surface area (Å²) in [7, 11) is 0. The first kappa shape index (κ1) is 16.8. The van der Waals surface area contributed by atoms with Gasteiger partial charge in [0.1, 0.15) is 0 Å². The Hall–Kier alpha value is -0.280. The highest BCUT2D eigenvalue weighted by atomic mass is 35.5. The van der Waals surface area contributed by atoms with Gasteiger partial charge in [0.25, 0.3) is 0 Å². The lowest BCUT2D eigenvalue weighted by molar-refractivity contribution is -0.131. The van der Waals surface area contributed by atoms with Crippen LogP contribution < -0.4 is 11.1 Å². The number of halogens is 1. The Balaban J connectivity index is 0.00000180. The van der Waals surface area contributed by atoms with Crippen LogP contribution in [-0.4, -0.2) is 18.5 Å². The van der Waals surface area contributed by atoms with Crippen LogP contribution in [-0.2, 0) is 4.79 Å². The highest BCUT2D eigenvalue weighted by Gasteiger charge is 2.40. The molecule has 0 unspecified atom stereocenters. The molecule has 0 saturated heterocycles. The van der Waals surface area contributed by atoms with Crippen LogP contribution in [0.25, 0.3) is 0 Å². The molecule has 19 heavy (non-hydrogen) atoms. The highest BCUT2D eigenvalue weighted by molar-refractivity contribution is 5.85. The Morgan fingerprint density at radius 3 is 2.26 bits per heavy atom. The summed E-state index contributed by atoms with van der Waals surface area (Å²) in [4.78, 5) is 12.4. The van der Waals surface area contributed by atoms with Crippen LogP contribution in [0.1, 0.15) is 64.7 Å². The first-order chi connectivity index (χ1) is 8.70. The lowest BCUT2D eigenvalue weighted by Crippen LogP contribution is -2.48. The van der Waals surface area contributed by atoms with E-state index in [0.29, 0.717) is 12.6 Å². The van der Waals surface area contributed by atoms with Gasteiger partial charge in [0.2, 0.25) is 5.91 Å². The van der Waals surface area contributed by atoms with E-state index >= 15 is 0 Å². The number of nitrogens with one attached hydrogen (secondary N) is 1. The molecule has 2 saturated carbocycles. The Kier molecular flexibility index (Phi) is 6.61. The van der Waals surface area contributed by atoms with Crippen molar-refractivity contribution in [3.63, 3.8) is 0 Å². The third-order valence-electron chi connectivity index (χ3n) is 5.19. The molecule has 4 heteroatoms. The van der Waals surface area contributed by atoms with Crippen molar-refractivity contribution in [2.45, 2.75) is 70.8 Å². The number of nitrogens with two attached hydrogens (primary N) is 1. The Labute approximate surface area is 123 Å². The number of carbonyl (C=O) groups excluding carboxylic acids is 1. The van der Waals surface area contributed by atoms with Gasteiger partial charge in [0, 0.05) is 12.6 Å². The molecule has 0 atom stereocenters. The van der Waals surface area contributed by atoms with Crippen molar-refractivity contribution in [1.29, 1.82) is 0 Å². The molecule has 0 spiro atoms. The second-order valence-corrected chi connectivity index (χ2v) is 6.29. The van der Waals surface area contributed by atoms with Gasteiger partial charge in [-0.25, -0.2) is 0 Å². The molecule has 0 aliphatic heterocycles. The zero-order chi connectivity index (χ0) is 13.0. The average molecular weight is 289 g/mol. The van der Waals surface area contributed by atoms with E-state index in [9.17, 15) is 4.79 Å². The van der Waals surface area contributed by atoms with E-state index in [1.807, 2.05) is 0 Å². The van der Waals surface area contributed by atoms with E-state index < -0.39 is 0 Å². The fourth-order valence-corrected chi connectivity index (χ4v) is 3.63.